The van der Waals surface area contributed by atoms with Crippen LogP contribution >= 0.6 is 11.3 Å². The minimum Gasteiger partial charge on any atom is -0.324 e. The standard InChI is InChI=1S/C13H10N6O3S/c20-12(14-10-2-1-3-11(6-10)19(21)22)7-18-16-13(15-17-18)9-4-5-23-8-9/h1-6,8H,7H2,(H,14,20). The molecule has 1 amide bonds. The van der Waals surface area contributed by atoms with E-state index in [0.717, 1.165) is 5.56 Å². The minimum absolute atomic E-state index is 0.0959. The normalized spacial score (nSPS) is 10.4. The first-order chi connectivity index (χ1) is 11.1. The SMILES string of the molecule is O=C(Cn1nnc(-c2ccsc2)n1)Nc1cccc([N+](=O)[O-])c1. The molecule has 0 fully saturated rings. The number of rotatable bonds is 5. The van der Waals surface area contributed by atoms with Gasteiger partial charge in [-0.05, 0) is 22.7 Å². The molecule has 2 aromatic heterocycles. The number of nitro benzene ring substituents is 1. The number of carbonyl (C=O) groups is 1. The van der Waals surface area contributed by atoms with E-state index < -0.39 is 10.8 Å². The van der Waals surface area contributed by atoms with Gasteiger partial charge >= 0.3 is 0 Å². The summed E-state index contributed by atoms with van der Waals surface area (Å²) < 4.78 is 0. The summed E-state index contributed by atoms with van der Waals surface area (Å²) in [4.78, 5) is 23.3. The quantitative estimate of drug-likeness (QED) is 0.564. The van der Waals surface area contributed by atoms with Gasteiger partial charge in [-0.3, -0.25) is 14.9 Å². The molecule has 0 saturated carbocycles. The van der Waals surface area contributed by atoms with Gasteiger partial charge in [0.2, 0.25) is 11.7 Å². The number of nitrogens with one attached hydrogen (secondary N) is 1. The van der Waals surface area contributed by atoms with Crippen molar-refractivity contribution in [2.24, 2.45) is 0 Å². The number of tetrazole rings is 1. The number of nitrogens with zero attached hydrogens (tertiary/aromatic N) is 5. The van der Waals surface area contributed by atoms with E-state index in [0.29, 0.717) is 11.5 Å². The zero-order valence-corrected chi connectivity index (χ0v) is 12.4. The van der Waals surface area contributed by atoms with Crippen LogP contribution in [0, 0.1) is 10.1 Å². The highest BCUT2D eigenvalue weighted by molar-refractivity contribution is 7.08. The molecule has 0 atom stereocenters. The Labute approximate surface area is 133 Å². The van der Waals surface area contributed by atoms with Crippen LogP contribution in [0.25, 0.3) is 11.4 Å². The number of aromatic nitrogens is 4. The van der Waals surface area contributed by atoms with E-state index in [9.17, 15) is 14.9 Å². The topological polar surface area (TPSA) is 116 Å². The summed E-state index contributed by atoms with van der Waals surface area (Å²) in [7, 11) is 0. The van der Waals surface area contributed by atoms with Crippen molar-refractivity contribution in [1.82, 2.24) is 20.2 Å². The lowest BCUT2D eigenvalue weighted by atomic mass is 10.3. The molecule has 23 heavy (non-hydrogen) atoms. The van der Waals surface area contributed by atoms with E-state index in [1.54, 1.807) is 6.07 Å². The summed E-state index contributed by atoms with van der Waals surface area (Å²) in [5, 5.41) is 28.8. The summed E-state index contributed by atoms with van der Waals surface area (Å²) in [6.07, 6.45) is 0. The van der Waals surface area contributed by atoms with Gasteiger partial charge in [0.15, 0.2) is 0 Å². The highest BCUT2D eigenvalue weighted by Crippen LogP contribution is 2.18. The summed E-state index contributed by atoms with van der Waals surface area (Å²) in [5.41, 5.74) is 1.07. The Morgan fingerprint density at radius 2 is 2.26 bits per heavy atom. The molecule has 116 valence electrons. The molecule has 3 aromatic rings. The van der Waals surface area contributed by atoms with Crippen molar-refractivity contribution in [2.45, 2.75) is 6.54 Å². The van der Waals surface area contributed by atoms with Crippen molar-refractivity contribution in [3.05, 3.63) is 51.2 Å². The second-order valence-electron chi connectivity index (χ2n) is 4.51. The smallest absolute Gasteiger partial charge is 0.271 e. The first-order valence-corrected chi connectivity index (χ1v) is 7.41. The first kappa shape index (κ1) is 14.8. The second kappa shape index (κ2) is 6.32. The number of hydrogen-bond acceptors (Lipinski definition) is 7. The highest BCUT2D eigenvalue weighted by atomic mass is 32.1. The Morgan fingerprint density at radius 3 is 3.00 bits per heavy atom. The van der Waals surface area contributed by atoms with Crippen LogP contribution in [-0.4, -0.2) is 31.0 Å². The lowest BCUT2D eigenvalue weighted by Gasteiger charge is -2.03. The fourth-order valence-corrected chi connectivity index (χ4v) is 2.48. The maximum atomic E-state index is 12.0. The number of hydrogen-bond donors (Lipinski definition) is 1. The molecule has 3 rings (SSSR count). The second-order valence-corrected chi connectivity index (χ2v) is 5.29. The average Bonchev–Trinajstić information content (AvgIpc) is 3.18. The summed E-state index contributed by atoms with van der Waals surface area (Å²) >= 11 is 1.51. The largest absolute Gasteiger partial charge is 0.324 e. The van der Waals surface area contributed by atoms with Crippen LogP contribution in [0.5, 0.6) is 0 Å². The molecule has 0 bridgehead atoms. The molecule has 0 aliphatic rings. The molecule has 9 nitrogen and oxygen atoms in total. The van der Waals surface area contributed by atoms with Crippen LogP contribution in [0.15, 0.2) is 41.1 Å². The van der Waals surface area contributed by atoms with Crippen molar-refractivity contribution in [2.75, 3.05) is 5.32 Å². The monoisotopic (exact) mass is 330 g/mol. The molecule has 0 aliphatic carbocycles. The van der Waals surface area contributed by atoms with Crippen molar-refractivity contribution < 1.29 is 9.72 Å². The van der Waals surface area contributed by atoms with Crippen LogP contribution in [0.3, 0.4) is 0 Å². The highest BCUT2D eigenvalue weighted by Gasteiger charge is 2.11. The third-order valence-corrected chi connectivity index (χ3v) is 3.54. The Morgan fingerprint density at radius 1 is 1.39 bits per heavy atom. The molecule has 10 heteroatoms. The molecule has 0 unspecified atom stereocenters. The molecule has 0 aliphatic heterocycles. The van der Waals surface area contributed by atoms with Crippen LogP contribution in [0.2, 0.25) is 0 Å². The predicted octanol–water partition coefficient (Wildman–Crippen LogP) is 1.95. The fourth-order valence-electron chi connectivity index (χ4n) is 1.84. The van der Waals surface area contributed by atoms with Crippen molar-refractivity contribution >= 4 is 28.6 Å². The number of benzene rings is 1. The zero-order valence-electron chi connectivity index (χ0n) is 11.6. The molecule has 2 heterocycles. The summed E-state index contributed by atoms with van der Waals surface area (Å²) in [6.45, 7) is -0.139. The first-order valence-electron chi connectivity index (χ1n) is 6.46. The fraction of sp³-hybridized carbons (Fsp3) is 0.0769. The Balaban J connectivity index is 1.66. The third-order valence-electron chi connectivity index (χ3n) is 2.86. The average molecular weight is 330 g/mol. The van der Waals surface area contributed by atoms with E-state index in [-0.39, 0.29) is 12.2 Å². The summed E-state index contributed by atoms with van der Waals surface area (Å²) in [6, 6.07) is 7.55. The van der Waals surface area contributed by atoms with Gasteiger partial charge < -0.3 is 5.32 Å². The maximum absolute atomic E-state index is 12.0. The number of nitro groups is 1. The molecular weight excluding hydrogens is 320 g/mol. The lowest BCUT2D eigenvalue weighted by molar-refractivity contribution is -0.384. The van der Waals surface area contributed by atoms with Gasteiger partial charge in [-0.15, -0.1) is 10.2 Å². The van der Waals surface area contributed by atoms with Crippen molar-refractivity contribution in [1.29, 1.82) is 0 Å². The van der Waals surface area contributed by atoms with Crippen molar-refractivity contribution in [3.8, 4) is 11.4 Å². The minimum atomic E-state index is -0.526. The maximum Gasteiger partial charge on any atom is 0.271 e. The number of thiophene rings is 1. The van der Waals surface area contributed by atoms with Gasteiger partial charge in [-0.1, -0.05) is 6.07 Å². The zero-order chi connectivity index (χ0) is 16.2. The predicted molar refractivity (Wildman–Crippen MR) is 82.9 cm³/mol. The van der Waals surface area contributed by atoms with Gasteiger partial charge in [0.1, 0.15) is 6.54 Å². The molecule has 0 spiro atoms. The molecular formula is C13H10N6O3S. The number of anilines is 1. The number of carbonyl (C=O) groups excluding carboxylic acids is 1. The van der Waals surface area contributed by atoms with Gasteiger partial charge in [-0.2, -0.15) is 16.1 Å². The van der Waals surface area contributed by atoms with Crippen LogP contribution < -0.4 is 5.32 Å². The van der Waals surface area contributed by atoms with E-state index >= 15 is 0 Å². The van der Waals surface area contributed by atoms with Gasteiger partial charge in [0.05, 0.1) is 4.92 Å². The van der Waals surface area contributed by atoms with Crippen LogP contribution in [0.4, 0.5) is 11.4 Å². The summed E-state index contributed by atoms with van der Waals surface area (Å²) in [5.74, 6) is 0.0363. The molecule has 0 saturated heterocycles. The van der Waals surface area contributed by atoms with Crippen molar-refractivity contribution in [3.63, 3.8) is 0 Å². The van der Waals surface area contributed by atoms with Gasteiger partial charge in [-0.25, -0.2) is 0 Å². The van der Waals surface area contributed by atoms with Gasteiger partial charge in [0.25, 0.3) is 5.69 Å². The number of non-ortho nitro benzene ring substituents is 1. The van der Waals surface area contributed by atoms with E-state index in [2.05, 4.69) is 20.7 Å². The van der Waals surface area contributed by atoms with E-state index in [4.69, 9.17) is 0 Å². The molecule has 1 N–H and O–H groups in total. The van der Waals surface area contributed by atoms with E-state index in [1.165, 1.54) is 34.3 Å². The number of amides is 1. The van der Waals surface area contributed by atoms with Gasteiger partial charge in [0, 0.05) is 28.8 Å². The Kier molecular flexibility index (Phi) is 4.06. The Bertz CT molecular complexity index is 845. The third kappa shape index (κ3) is 3.55. The van der Waals surface area contributed by atoms with E-state index in [1.807, 2.05) is 16.8 Å². The lowest BCUT2D eigenvalue weighted by Crippen LogP contribution is -2.20. The molecule has 1 aromatic carbocycles. The molecule has 0 radical (unpaired) electrons. The van der Waals surface area contributed by atoms with Crippen LogP contribution in [0.1, 0.15) is 0 Å². The van der Waals surface area contributed by atoms with Crippen LogP contribution in [-0.2, 0) is 11.3 Å². The Hall–Kier alpha value is -3.14.